The van der Waals surface area contributed by atoms with Gasteiger partial charge in [-0.25, -0.2) is 9.97 Å². The van der Waals surface area contributed by atoms with Crippen molar-refractivity contribution in [1.29, 1.82) is 0 Å². The molecule has 0 aliphatic rings. The lowest BCUT2D eigenvalue weighted by Gasteiger charge is -2.06. The summed E-state index contributed by atoms with van der Waals surface area (Å²) >= 11 is 3.29. The van der Waals surface area contributed by atoms with Crippen molar-refractivity contribution in [2.45, 2.75) is 13.3 Å². The first-order valence-corrected chi connectivity index (χ1v) is 5.30. The number of aromatic nitrogens is 2. The van der Waals surface area contributed by atoms with E-state index in [1.165, 1.54) is 6.33 Å². The SMILES string of the molecule is CCCOCCOc1ncncc1Br. The van der Waals surface area contributed by atoms with Gasteiger partial charge in [-0.15, -0.1) is 0 Å². The summed E-state index contributed by atoms with van der Waals surface area (Å²) in [5.41, 5.74) is 0. The maximum atomic E-state index is 5.36. The summed E-state index contributed by atoms with van der Waals surface area (Å²) in [6, 6.07) is 0. The van der Waals surface area contributed by atoms with Crippen LogP contribution in [0.3, 0.4) is 0 Å². The van der Waals surface area contributed by atoms with Crippen LogP contribution in [0, 0.1) is 0 Å². The van der Waals surface area contributed by atoms with Gasteiger partial charge in [0.2, 0.25) is 5.88 Å². The molecule has 0 N–H and O–H groups in total. The number of hydrogen-bond acceptors (Lipinski definition) is 4. The Bertz CT molecular complexity index is 271. The van der Waals surface area contributed by atoms with Gasteiger partial charge in [0, 0.05) is 12.8 Å². The Morgan fingerprint density at radius 1 is 1.36 bits per heavy atom. The van der Waals surface area contributed by atoms with Gasteiger partial charge in [0.1, 0.15) is 12.9 Å². The molecule has 1 aromatic rings. The van der Waals surface area contributed by atoms with Crippen LogP contribution in [0.5, 0.6) is 5.88 Å². The quantitative estimate of drug-likeness (QED) is 0.735. The van der Waals surface area contributed by atoms with Gasteiger partial charge >= 0.3 is 0 Å². The highest BCUT2D eigenvalue weighted by Crippen LogP contribution is 2.19. The molecule has 0 atom stereocenters. The van der Waals surface area contributed by atoms with Crippen LogP contribution in [0.25, 0.3) is 0 Å². The van der Waals surface area contributed by atoms with Gasteiger partial charge < -0.3 is 9.47 Å². The minimum absolute atomic E-state index is 0.510. The molecule has 0 amide bonds. The summed E-state index contributed by atoms with van der Waals surface area (Å²) in [6.45, 7) is 3.94. The molecule has 5 heteroatoms. The molecule has 14 heavy (non-hydrogen) atoms. The van der Waals surface area contributed by atoms with Crippen molar-refractivity contribution >= 4 is 15.9 Å². The first kappa shape index (κ1) is 11.4. The van der Waals surface area contributed by atoms with Crippen LogP contribution < -0.4 is 4.74 Å². The molecule has 78 valence electrons. The minimum Gasteiger partial charge on any atom is -0.474 e. The van der Waals surface area contributed by atoms with Crippen molar-refractivity contribution in [2.75, 3.05) is 19.8 Å². The normalized spacial score (nSPS) is 10.1. The summed E-state index contributed by atoms with van der Waals surface area (Å²) in [4.78, 5) is 7.79. The Morgan fingerprint density at radius 2 is 2.21 bits per heavy atom. The van der Waals surface area contributed by atoms with Gasteiger partial charge in [-0.05, 0) is 22.4 Å². The molecule has 1 aromatic heterocycles. The third kappa shape index (κ3) is 4.02. The maximum Gasteiger partial charge on any atom is 0.231 e. The van der Waals surface area contributed by atoms with Crippen molar-refractivity contribution in [3.8, 4) is 5.88 Å². The molecular formula is C9H13BrN2O2. The summed E-state index contributed by atoms with van der Waals surface area (Å²) in [5, 5.41) is 0. The zero-order valence-corrected chi connectivity index (χ0v) is 9.66. The van der Waals surface area contributed by atoms with E-state index in [-0.39, 0.29) is 0 Å². The van der Waals surface area contributed by atoms with E-state index in [0.29, 0.717) is 19.1 Å². The highest BCUT2D eigenvalue weighted by atomic mass is 79.9. The summed E-state index contributed by atoms with van der Waals surface area (Å²) in [6.07, 6.45) is 4.12. The van der Waals surface area contributed by atoms with Gasteiger partial charge in [0.25, 0.3) is 0 Å². The second-order valence-corrected chi connectivity index (χ2v) is 3.49. The molecule has 0 saturated carbocycles. The van der Waals surface area contributed by atoms with Crippen LogP contribution in [0.15, 0.2) is 17.0 Å². The van der Waals surface area contributed by atoms with Crippen molar-refractivity contribution in [2.24, 2.45) is 0 Å². The fraction of sp³-hybridized carbons (Fsp3) is 0.556. The molecule has 0 aliphatic carbocycles. The van der Waals surface area contributed by atoms with E-state index in [4.69, 9.17) is 9.47 Å². The van der Waals surface area contributed by atoms with Crippen LogP contribution in [0.2, 0.25) is 0 Å². The number of ether oxygens (including phenoxy) is 2. The van der Waals surface area contributed by atoms with Gasteiger partial charge in [0.05, 0.1) is 11.1 Å². The van der Waals surface area contributed by atoms with E-state index in [0.717, 1.165) is 17.5 Å². The summed E-state index contributed by atoms with van der Waals surface area (Å²) in [5.74, 6) is 0.556. The highest BCUT2D eigenvalue weighted by molar-refractivity contribution is 9.10. The summed E-state index contributed by atoms with van der Waals surface area (Å²) < 4.78 is 11.4. The molecular weight excluding hydrogens is 248 g/mol. The maximum absolute atomic E-state index is 5.36. The fourth-order valence-corrected chi connectivity index (χ4v) is 1.19. The topological polar surface area (TPSA) is 44.2 Å². The van der Waals surface area contributed by atoms with Crippen LogP contribution in [-0.2, 0) is 4.74 Å². The Kier molecular flexibility index (Phi) is 5.47. The van der Waals surface area contributed by atoms with Crippen LogP contribution in [0.4, 0.5) is 0 Å². The van der Waals surface area contributed by atoms with Crippen LogP contribution >= 0.6 is 15.9 Å². The number of halogens is 1. The summed E-state index contributed by atoms with van der Waals surface area (Å²) in [7, 11) is 0. The molecule has 1 rings (SSSR count). The van der Waals surface area contributed by atoms with Crippen molar-refractivity contribution in [3.63, 3.8) is 0 Å². The third-order valence-corrected chi connectivity index (χ3v) is 1.99. The van der Waals surface area contributed by atoms with E-state index in [1.807, 2.05) is 0 Å². The van der Waals surface area contributed by atoms with Crippen LogP contribution in [-0.4, -0.2) is 29.8 Å². The Labute approximate surface area is 91.8 Å². The van der Waals surface area contributed by atoms with E-state index in [1.54, 1.807) is 6.20 Å². The number of hydrogen-bond donors (Lipinski definition) is 0. The molecule has 0 spiro atoms. The lowest BCUT2D eigenvalue weighted by molar-refractivity contribution is 0.0986. The van der Waals surface area contributed by atoms with E-state index >= 15 is 0 Å². The third-order valence-electron chi connectivity index (χ3n) is 1.45. The molecule has 0 aliphatic heterocycles. The number of rotatable bonds is 6. The Balaban J connectivity index is 2.21. The number of nitrogens with zero attached hydrogens (tertiary/aromatic N) is 2. The first-order valence-electron chi connectivity index (χ1n) is 4.50. The minimum atomic E-state index is 0.510. The highest BCUT2D eigenvalue weighted by Gasteiger charge is 2.00. The predicted octanol–water partition coefficient (Wildman–Crippen LogP) is 2.04. The largest absolute Gasteiger partial charge is 0.474 e. The lowest BCUT2D eigenvalue weighted by atomic mass is 10.5. The average Bonchev–Trinajstić information content (AvgIpc) is 2.20. The Morgan fingerprint density at radius 3 is 2.93 bits per heavy atom. The molecule has 0 bridgehead atoms. The molecule has 1 heterocycles. The smallest absolute Gasteiger partial charge is 0.231 e. The second kappa shape index (κ2) is 6.73. The monoisotopic (exact) mass is 260 g/mol. The van der Waals surface area contributed by atoms with Gasteiger partial charge in [-0.3, -0.25) is 0 Å². The molecule has 0 radical (unpaired) electrons. The lowest BCUT2D eigenvalue weighted by Crippen LogP contribution is -2.08. The molecule has 0 unspecified atom stereocenters. The van der Waals surface area contributed by atoms with Crippen LogP contribution in [0.1, 0.15) is 13.3 Å². The zero-order chi connectivity index (χ0) is 10.2. The average molecular weight is 261 g/mol. The molecule has 0 saturated heterocycles. The van der Waals surface area contributed by atoms with Crippen molar-refractivity contribution in [3.05, 3.63) is 17.0 Å². The molecule has 0 fully saturated rings. The van der Waals surface area contributed by atoms with Gasteiger partial charge in [-0.2, -0.15) is 0 Å². The van der Waals surface area contributed by atoms with E-state index < -0.39 is 0 Å². The molecule has 4 nitrogen and oxygen atoms in total. The van der Waals surface area contributed by atoms with E-state index in [2.05, 4.69) is 32.8 Å². The fourth-order valence-electron chi connectivity index (χ4n) is 0.851. The molecule has 0 aromatic carbocycles. The van der Waals surface area contributed by atoms with Crippen molar-refractivity contribution in [1.82, 2.24) is 9.97 Å². The van der Waals surface area contributed by atoms with E-state index in [9.17, 15) is 0 Å². The zero-order valence-electron chi connectivity index (χ0n) is 8.07. The predicted molar refractivity (Wildman–Crippen MR) is 56.3 cm³/mol. The second-order valence-electron chi connectivity index (χ2n) is 2.64. The standard InChI is InChI=1S/C9H13BrN2O2/c1-2-3-13-4-5-14-9-8(10)6-11-7-12-9/h6-7H,2-5H2,1H3. The van der Waals surface area contributed by atoms with Gasteiger partial charge in [0.15, 0.2) is 0 Å². The first-order chi connectivity index (χ1) is 6.84. The van der Waals surface area contributed by atoms with Gasteiger partial charge in [-0.1, -0.05) is 6.92 Å². The van der Waals surface area contributed by atoms with Crippen molar-refractivity contribution < 1.29 is 9.47 Å². The Hall–Kier alpha value is -0.680.